The van der Waals surface area contributed by atoms with Crippen molar-refractivity contribution in [3.63, 3.8) is 0 Å². The first kappa shape index (κ1) is 14.9. The second kappa shape index (κ2) is 6.78. The minimum atomic E-state index is -0.178. The Kier molecular flexibility index (Phi) is 4.81. The minimum Gasteiger partial charge on any atom is -0.375 e. The average Bonchev–Trinajstić information content (AvgIpc) is 2.49. The quantitative estimate of drug-likeness (QED) is 0.907. The summed E-state index contributed by atoms with van der Waals surface area (Å²) in [5, 5.41) is 15.1. The van der Waals surface area contributed by atoms with Crippen LogP contribution in [0.5, 0.6) is 0 Å². The number of nitriles is 1. The fourth-order valence-electron chi connectivity index (χ4n) is 1.81. The second-order valence-electron chi connectivity index (χ2n) is 4.52. The molecule has 5 heteroatoms. The summed E-state index contributed by atoms with van der Waals surface area (Å²) in [5.74, 6) is -0.178. The molecule has 2 aromatic carbocycles. The number of rotatable bonds is 4. The van der Waals surface area contributed by atoms with Crippen LogP contribution < -0.4 is 10.6 Å². The lowest BCUT2D eigenvalue weighted by atomic mass is 10.2. The van der Waals surface area contributed by atoms with E-state index in [4.69, 9.17) is 16.9 Å². The van der Waals surface area contributed by atoms with Crippen molar-refractivity contribution in [2.45, 2.75) is 6.92 Å². The SMILES string of the molecule is Cc1ccccc1NC(=O)CNc1cc(C#N)ccc1Cl. The summed E-state index contributed by atoms with van der Waals surface area (Å²) in [6.45, 7) is 2.00. The Morgan fingerprint density at radius 1 is 1.24 bits per heavy atom. The zero-order chi connectivity index (χ0) is 15.2. The highest BCUT2D eigenvalue weighted by atomic mass is 35.5. The zero-order valence-corrected chi connectivity index (χ0v) is 12.2. The van der Waals surface area contributed by atoms with Crippen molar-refractivity contribution in [3.05, 3.63) is 58.6 Å². The molecule has 0 fully saturated rings. The van der Waals surface area contributed by atoms with Crippen molar-refractivity contribution in [3.8, 4) is 6.07 Å². The molecular formula is C16H14ClN3O. The van der Waals surface area contributed by atoms with Gasteiger partial charge in [0.05, 0.1) is 28.9 Å². The minimum absolute atomic E-state index is 0.0724. The van der Waals surface area contributed by atoms with Gasteiger partial charge in [-0.25, -0.2) is 0 Å². The topological polar surface area (TPSA) is 64.9 Å². The van der Waals surface area contributed by atoms with E-state index in [0.29, 0.717) is 16.3 Å². The molecule has 0 aliphatic heterocycles. The highest BCUT2D eigenvalue weighted by Gasteiger charge is 2.06. The van der Waals surface area contributed by atoms with Crippen LogP contribution in [0.1, 0.15) is 11.1 Å². The molecule has 0 aliphatic rings. The Balaban J connectivity index is 1.99. The van der Waals surface area contributed by atoms with Crippen LogP contribution in [0, 0.1) is 18.3 Å². The number of para-hydroxylation sites is 1. The molecule has 0 aromatic heterocycles. The molecule has 2 N–H and O–H groups in total. The van der Waals surface area contributed by atoms with Gasteiger partial charge in [0.1, 0.15) is 0 Å². The van der Waals surface area contributed by atoms with E-state index in [1.54, 1.807) is 18.2 Å². The van der Waals surface area contributed by atoms with Gasteiger partial charge in [0.2, 0.25) is 5.91 Å². The van der Waals surface area contributed by atoms with Gasteiger partial charge in [-0.1, -0.05) is 29.8 Å². The molecule has 21 heavy (non-hydrogen) atoms. The summed E-state index contributed by atoms with van der Waals surface area (Å²) in [7, 11) is 0. The van der Waals surface area contributed by atoms with E-state index in [2.05, 4.69) is 10.6 Å². The lowest BCUT2D eigenvalue weighted by Gasteiger charge is -2.10. The monoisotopic (exact) mass is 299 g/mol. The molecular weight excluding hydrogens is 286 g/mol. The summed E-state index contributed by atoms with van der Waals surface area (Å²) < 4.78 is 0. The van der Waals surface area contributed by atoms with E-state index in [0.717, 1.165) is 11.3 Å². The van der Waals surface area contributed by atoms with Crippen LogP contribution in [-0.4, -0.2) is 12.5 Å². The number of benzene rings is 2. The fourth-order valence-corrected chi connectivity index (χ4v) is 2.00. The molecule has 4 nitrogen and oxygen atoms in total. The summed E-state index contributed by atoms with van der Waals surface area (Å²) >= 11 is 6.02. The smallest absolute Gasteiger partial charge is 0.243 e. The van der Waals surface area contributed by atoms with Crippen LogP contribution in [0.3, 0.4) is 0 Å². The molecule has 0 unspecified atom stereocenters. The van der Waals surface area contributed by atoms with Gasteiger partial charge in [0.25, 0.3) is 0 Å². The molecule has 0 saturated heterocycles. The van der Waals surface area contributed by atoms with Crippen LogP contribution in [0.2, 0.25) is 5.02 Å². The largest absolute Gasteiger partial charge is 0.375 e. The number of halogens is 1. The van der Waals surface area contributed by atoms with Crippen molar-refractivity contribution in [1.29, 1.82) is 5.26 Å². The first-order valence-corrected chi connectivity index (χ1v) is 6.77. The number of carbonyl (C=O) groups excluding carboxylic acids is 1. The van der Waals surface area contributed by atoms with Gasteiger partial charge in [-0.15, -0.1) is 0 Å². The highest BCUT2D eigenvalue weighted by Crippen LogP contribution is 2.22. The van der Waals surface area contributed by atoms with Gasteiger partial charge >= 0.3 is 0 Å². The number of aryl methyl sites for hydroxylation is 1. The van der Waals surface area contributed by atoms with Crippen molar-refractivity contribution < 1.29 is 4.79 Å². The lowest BCUT2D eigenvalue weighted by Crippen LogP contribution is -2.22. The molecule has 0 saturated carbocycles. The number of amides is 1. The number of anilines is 2. The number of nitrogens with zero attached hydrogens (tertiary/aromatic N) is 1. The highest BCUT2D eigenvalue weighted by molar-refractivity contribution is 6.33. The molecule has 0 atom stereocenters. The average molecular weight is 300 g/mol. The molecule has 1 amide bonds. The van der Waals surface area contributed by atoms with E-state index < -0.39 is 0 Å². The number of carbonyl (C=O) groups is 1. The lowest BCUT2D eigenvalue weighted by molar-refractivity contribution is -0.114. The van der Waals surface area contributed by atoms with E-state index in [1.807, 2.05) is 37.3 Å². The Bertz CT molecular complexity index is 707. The van der Waals surface area contributed by atoms with Crippen LogP contribution >= 0.6 is 11.6 Å². The van der Waals surface area contributed by atoms with E-state index in [-0.39, 0.29) is 12.5 Å². The standard InChI is InChI=1S/C16H14ClN3O/c1-11-4-2-3-5-14(11)20-16(21)10-19-15-8-12(9-18)6-7-13(15)17/h2-8,19H,10H2,1H3,(H,20,21). The summed E-state index contributed by atoms with van der Waals surface area (Å²) in [6, 6.07) is 14.4. The zero-order valence-electron chi connectivity index (χ0n) is 11.5. The summed E-state index contributed by atoms with van der Waals surface area (Å²) in [6.07, 6.45) is 0. The summed E-state index contributed by atoms with van der Waals surface area (Å²) in [5.41, 5.74) is 2.83. The van der Waals surface area contributed by atoms with Gasteiger partial charge in [-0.3, -0.25) is 4.79 Å². The molecule has 0 spiro atoms. The predicted molar refractivity (Wildman–Crippen MR) is 84.5 cm³/mol. The Hall–Kier alpha value is -2.51. The van der Waals surface area contributed by atoms with Crippen molar-refractivity contribution in [2.75, 3.05) is 17.2 Å². The van der Waals surface area contributed by atoms with Crippen LogP contribution in [-0.2, 0) is 4.79 Å². The van der Waals surface area contributed by atoms with Gasteiger partial charge < -0.3 is 10.6 Å². The maximum absolute atomic E-state index is 11.9. The van der Waals surface area contributed by atoms with Crippen molar-refractivity contribution >= 4 is 28.9 Å². The van der Waals surface area contributed by atoms with E-state index in [9.17, 15) is 4.79 Å². The Morgan fingerprint density at radius 2 is 2.00 bits per heavy atom. The van der Waals surface area contributed by atoms with Crippen molar-refractivity contribution in [2.24, 2.45) is 0 Å². The van der Waals surface area contributed by atoms with E-state index in [1.165, 1.54) is 0 Å². The van der Waals surface area contributed by atoms with Gasteiger partial charge in [-0.05, 0) is 36.8 Å². The third-order valence-electron chi connectivity index (χ3n) is 2.95. The molecule has 0 aliphatic carbocycles. The molecule has 2 rings (SSSR count). The number of hydrogen-bond acceptors (Lipinski definition) is 3. The summed E-state index contributed by atoms with van der Waals surface area (Å²) in [4.78, 5) is 11.9. The normalized spacial score (nSPS) is 9.76. The van der Waals surface area contributed by atoms with Gasteiger partial charge in [0.15, 0.2) is 0 Å². The first-order chi connectivity index (χ1) is 10.1. The Labute approximate surface area is 128 Å². The van der Waals surface area contributed by atoms with Crippen LogP contribution in [0.15, 0.2) is 42.5 Å². The third kappa shape index (κ3) is 3.98. The Morgan fingerprint density at radius 3 is 2.71 bits per heavy atom. The molecule has 0 radical (unpaired) electrons. The third-order valence-corrected chi connectivity index (χ3v) is 3.28. The fraction of sp³-hybridized carbons (Fsp3) is 0.125. The molecule has 0 heterocycles. The first-order valence-electron chi connectivity index (χ1n) is 6.39. The second-order valence-corrected chi connectivity index (χ2v) is 4.93. The molecule has 2 aromatic rings. The van der Waals surface area contributed by atoms with Gasteiger partial charge in [0, 0.05) is 5.69 Å². The van der Waals surface area contributed by atoms with Crippen molar-refractivity contribution in [1.82, 2.24) is 0 Å². The van der Waals surface area contributed by atoms with Gasteiger partial charge in [-0.2, -0.15) is 5.26 Å². The predicted octanol–water partition coefficient (Wildman–Crippen LogP) is 3.57. The molecule has 106 valence electrons. The molecule has 0 bridgehead atoms. The maximum Gasteiger partial charge on any atom is 0.243 e. The van der Waals surface area contributed by atoms with Crippen LogP contribution in [0.4, 0.5) is 11.4 Å². The number of nitrogens with one attached hydrogen (secondary N) is 2. The van der Waals surface area contributed by atoms with E-state index >= 15 is 0 Å². The maximum atomic E-state index is 11.9. The number of hydrogen-bond donors (Lipinski definition) is 2. The van der Waals surface area contributed by atoms with Crippen LogP contribution in [0.25, 0.3) is 0 Å².